The van der Waals surface area contributed by atoms with Crippen LogP contribution in [0.3, 0.4) is 0 Å². The second-order valence-electron chi connectivity index (χ2n) is 9.63. The van der Waals surface area contributed by atoms with Gasteiger partial charge in [-0.25, -0.2) is 0 Å². The molecule has 0 aliphatic heterocycles. The Morgan fingerprint density at radius 3 is 1.35 bits per heavy atom. The maximum absolute atomic E-state index is 12.0. The quantitative estimate of drug-likeness (QED) is 0.155. The second-order valence-corrected chi connectivity index (χ2v) is 9.63. The standard InChI is InChI=1S/C32H42O8/c1-7-29(33)39-23(17-35-9-3)19-37-31-25-13-11-22(6)16-28(25)32(26-14-12-21(5)15-27(26)31)38-20-24(18-36-10-4)40-30(34)8-2/h11-16,23-24H,7-10,17-20H2,1-6H3. The molecule has 40 heavy (non-hydrogen) atoms. The molecule has 0 aliphatic carbocycles. The minimum absolute atomic E-state index is 0.140. The van der Waals surface area contributed by atoms with Crippen LogP contribution in [0, 0.1) is 13.8 Å². The largest absolute Gasteiger partial charge is 0.488 e. The van der Waals surface area contributed by atoms with E-state index in [4.69, 9.17) is 28.4 Å². The summed E-state index contributed by atoms with van der Waals surface area (Å²) < 4.78 is 35.1. The van der Waals surface area contributed by atoms with Crippen molar-refractivity contribution < 1.29 is 38.0 Å². The minimum atomic E-state index is -0.545. The Kier molecular flexibility index (Phi) is 12.0. The number of ether oxygens (including phenoxy) is 6. The van der Waals surface area contributed by atoms with E-state index in [9.17, 15) is 9.59 Å². The van der Waals surface area contributed by atoms with Crippen molar-refractivity contribution in [2.45, 2.75) is 66.6 Å². The second kappa shape index (κ2) is 15.4. The summed E-state index contributed by atoms with van der Waals surface area (Å²) in [6.07, 6.45) is -0.541. The fraction of sp³-hybridized carbons (Fsp3) is 0.500. The van der Waals surface area contributed by atoms with Gasteiger partial charge < -0.3 is 28.4 Å². The van der Waals surface area contributed by atoms with Crippen LogP contribution in [0.15, 0.2) is 36.4 Å². The van der Waals surface area contributed by atoms with Gasteiger partial charge in [-0.2, -0.15) is 0 Å². The van der Waals surface area contributed by atoms with E-state index in [2.05, 4.69) is 12.1 Å². The van der Waals surface area contributed by atoms with E-state index in [1.165, 1.54) is 0 Å². The van der Waals surface area contributed by atoms with Crippen molar-refractivity contribution in [1.82, 2.24) is 0 Å². The molecule has 8 heteroatoms. The van der Waals surface area contributed by atoms with E-state index < -0.39 is 12.2 Å². The van der Waals surface area contributed by atoms with Crippen LogP contribution in [0.25, 0.3) is 21.5 Å². The van der Waals surface area contributed by atoms with Gasteiger partial charge >= 0.3 is 11.9 Å². The molecule has 0 heterocycles. The Balaban J connectivity index is 2.05. The molecule has 0 aromatic heterocycles. The van der Waals surface area contributed by atoms with Crippen molar-refractivity contribution in [3.8, 4) is 11.5 Å². The molecule has 0 amide bonds. The summed E-state index contributed by atoms with van der Waals surface area (Å²) in [6, 6.07) is 12.2. The third kappa shape index (κ3) is 8.32. The number of aryl methyl sites for hydroxylation is 2. The first-order valence-electron chi connectivity index (χ1n) is 14.1. The van der Waals surface area contributed by atoms with Crippen LogP contribution in [0.4, 0.5) is 0 Å². The fourth-order valence-electron chi connectivity index (χ4n) is 4.31. The van der Waals surface area contributed by atoms with Gasteiger partial charge in [-0.15, -0.1) is 0 Å². The lowest BCUT2D eigenvalue weighted by Crippen LogP contribution is -2.30. The van der Waals surface area contributed by atoms with Gasteiger partial charge in [0.2, 0.25) is 0 Å². The summed E-state index contributed by atoms with van der Waals surface area (Å²) in [5, 5.41) is 3.47. The summed E-state index contributed by atoms with van der Waals surface area (Å²) in [6.45, 7) is 13.1. The number of hydrogen-bond donors (Lipinski definition) is 0. The lowest BCUT2D eigenvalue weighted by atomic mass is 9.97. The van der Waals surface area contributed by atoms with Crippen molar-refractivity contribution in [2.24, 2.45) is 0 Å². The number of rotatable bonds is 16. The third-order valence-corrected chi connectivity index (χ3v) is 6.35. The third-order valence-electron chi connectivity index (χ3n) is 6.35. The van der Waals surface area contributed by atoms with Gasteiger partial charge in [-0.1, -0.05) is 49.2 Å². The Morgan fingerprint density at radius 2 is 1.00 bits per heavy atom. The molecule has 0 radical (unpaired) electrons. The van der Waals surface area contributed by atoms with Crippen LogP contribution in [0.2, 0.25) is 0 Å². The number of carbonyl (C=O) groups excluding carboxylic acids is 2. The highest BCUT2D eigenvalue weighted by Crippen LogP contribution is 2.43. The molecule has 3 aromatic rings. The summed E-state index contributed by atoms with van der Waals surface area (Å²) in [5.74, 6) is 0.754. The monoisotopic (exact) mass is 554 g/mol. The maximum Gasteiger partial charge on any atom is 0.305 e. The van der Waals surface area contributed by atoms with Crippen LogP contribution < -0.4 is 9.47 Å². The predicted molar refractivity (Wildman–Crippen MR) is 155 cm³/mol. The number of esters is 2. The first-order chi connectivity index (χ1) is 19.3. The molecular weight excluding hydrogens is 512 g/mol. The number of hydrogen-bond acceptors (Lipinski definition) is 8. The zero-order chi connectivity index (χ0) is 29.1. The number of carbonyl (C=O) groups is 2. The molecule has 0 saturated heterocycles. The average molecular weight is 555 g/mol. The van der Waals surface area contributed by atoms with Crippen LogP contribution in [-0.2, 0) is 28.5 Å². The Hall–Kier alpha value is -3.36. The zero-order valence-electron chi connectivity index (χ0n) is 24.5. The normalized spacial score (nSPS) is 12.8. The van der Waals surface area contributed by atoms with Gasteiger partial charge in [-0.05, 0) is 39.8 Å². The molecule has 3 aromatic carbocycles. The molecule has 0 fully saturated rings. The zero-order valence-corrected chi connectivity index (χ0v) is 24.5. The molecule has 218 valence electrons. The van der Waals surface area contributed by atoms with E-state index in [1.807, 2.05) is 52.0 Å². The SMILES string of the molecule is CCOCC(COc1c2ccc(C)cc2c(OCC(COCC)OC(=O)CC)c2ccc(C)cc12)OC(=O)CC. The Morgan fingerprint density at radius 1 is 0.600 bits per heavy atom. The molecule has 0 spiro atoms. The summed E-state index contributed by atoms with van der Waals surface area (Å²) in [4.78, 5) is 24.1. The molecular formula is C32H42O8. The summed E-state index contributed by atoms with van der Waals surface area (Å²) in [7, 11) is 0. The summed E-state index contributed by atoms with van der Waals surface area (Å²) >= 11 is 0. The lowest BCUT2D eigenvalue weighted by Gasteiger charge is -2.23. The topological polar surface area (TPSA) is 89.5 Å². The first-order valence-corrected chi connectivity index (χ1v) is 14.1. The number of fused-ring (bicyclic) bond motifs is 2. The van der Waals surface area contributed by atoms with E-state index in [0.717, 1.165) is 32.7 Å². The van der Waals surface area contributed by atoms with Crippen LogP contribution in [0.1, 0.15) is 51.7 Å². The van der Waals surface area contributed by atoms with Crippen LogP contribution in [-0.4, -0.2) is 63.8 Å². The van der Waals surface area contributed by atoms with E-state index in [1.54, 1.807) is 13.8 Å². The van der Waals surface area contributed by atoms with E-state index in [-0.39, 0.29) is 51.2 Å². The Labute approximate surface area is 236 Å². The molecule has 0 N–H and O–H groups in total. The van der Waals surface area contributed by atoms with Crippen molar-refractivity contribution in [3.63, 3.8) is 0 Å². The lowest BCUT2D eigenvalue weighted by molar-refractivity contribution is -0.154. The van der Waals surface area contributed by atoms with Crippen molar-refractivity contribution >= 4 is 33.5 Å². The Bertz CT molecular complexity index is 1190. The van der Waals surface area contributed by atoms with Gasteiger partial charge in [0.25, 0.3) is 0 Å². The van der Waals surface area contributed by atoms with E-state index >= 15 is 0 Å². The molecule has 0 saturated carbocycles. The molecule has 8 nitrogen and oxygen atoms in total. The van der Waals surface area contributed by atoms with Crippen molar-refractivity contribution in [3.05, 3.63) is 47.5 Å². The van der Waals surface area contributed by atoms with Gasteiger partial charge in [0, 0.05) is 47.6 Å². The van der Waals surface area contributed by atoms with Gasteiger partial charge in [0.15, 0.2) is 12.2 Å². The summed E-state index contributed by atoms with van der Waals surface area (Å²) in [5.41, 5.74) is 2.12. The first kappa shape index (κ1) is 31.2. The van der Waals surface area contributed by atoms with Crippen molar-refractivity contribution in [1.29, 1.82) is 0 Å². The van der Waals surface area contributed by atoms with E-state index in [0.29, 0.717) is 24.7 Å². The maximum atomic E-state index is 12.0. The highest BCUT2D eigenvalue weighted by molar-refractivity contribution is 6.11. The molecule has 3 rings (SSSR count). The molecule has 0 aliphatic rings. The van der Waals surface area contributed by atoms with Gasteiger partial charge in [0.1, 0.15) is 24.7 Å². The van der Waals surface area contributed by atoms with Crippen LogP contribution >= 0.6 is 0 Å². The van der Waals surface area contributed by atoms with Gasteiger partial charge in [0.05, 0.1) is 13.2 Å². The smallest absolute Gasteiger partial charge is 0.305 e. The van der Waals surface area contributed by atoms with Crippen molar-refractivity contribution in [2.75, 3.05) is 39.6 Å². The minimum Gasteiger partial charge on any atom is -0.488 e. The molecule has 0 bridgehead atoms. The van der Waals surface area contributed by atoms with Crippen LogP contribution in [0.5, 0.6) is 11.5 Å². The molecule has 2 unspecified atom stereocenters. The fourth-order valence-corrected chi connectivity index (χ4v) is 4.31. The highest BCUT2D eigenvalue weighted by Gasteiger charge is 2.22. The predicted octanol–water partition coefficient (Wildman–Crippen LogP) is 6.08. The average Bonchev–Trinajstić information content (AvgIpc) is 2.95. The molecule has 2 atom stereocenters. The highest BCUT2D eigenvalue weighted by atomic mass is 16.6. The van der Waals surface area contributed by atoms with Gasteiger partial charge in [-0.3, -0.25) is 9.59 Å². The number of benzene rings is 3.